The number of ether oxygens (including phenoxy) is 3. The molecular weight excluding hydrogens is 264 g/mol. The highest BCUT2D eigenvalue weighted by molar-refractivity contribution is 5.91. The zero-order chi connectivity index (χ0) is 15.8. The molecule has 0 rings (SSSR count). The van der Waals surface area contributed by atoms with Gasteiger partial charge in [0.1, 0.15) is 0 Å². The van der Waals surface area contributed by atoms with Crippen molar-refractivity contribution < 1.29 is 28.6 Å². The van der Waals surface area contributed by atoms with E-state index < -0.39 is 17.5 Å². The average molecular weight is 286 g/mol. The van der Waals surface area contributed by atoms with Crippen LogP contribution in [0.1, 0.15) is 39.5 Å². The van der Waals surface area contributed by atoms with E-state index >= 15 is 0 Å². The Morgan fingerprint density at radius 3 is 2.15 bits per heavy atom. The van der Waals surface area contributed by atoms with Crippen LogP contribution in [0.5, 0.6) is 0 Å². The summed E-state index contributed by atoms with van der Waals surface area (Å²) in [6, 6.07) is 0. The molecule has 1 atom stereocenters. The summed E-state index contributed by atoms with van der Waals surface area (Å²) in [6.07, 6.45) is 0.920. The molecule has 1 unspecified atom stereocenters. The van der Waals surface area contributed by atoms with Crippen molar-refractivity contribution in [3.8, 4) is 0 Å². The minimum absolute atomic E-state index is 0.139. The molecule has 6 heteroatoms. The topological polar surface area (TPSA) is 78.9 Å². The van der Waals surface area contributed by atoms with Crippen LogP contribution < -0.4 is 0 Å². The molecule has 0 saturated carbocycles. The highest BCUT2D eigenvalue weighted by Crippen LogP contribution is 2.26. The van der Waals surface area contributed by atoms with Gasteiger partial charge < -0.3 is 14.2 Å². The standard InChI is InChI=1S/C14H22O6/c1-6-14(13(17)19-5,20-12(16)10(2)3)9-7-8-11(15)18-4/h2,6-9H2,1,3-5H3. The average Bonchev–Trinajstić information content (AvgIpc) is 2.44. The van der Waals surface area contributed by atoms with Gasteiger partial charge in [-0.2, -0.15) is 0 Å². The summed E-state index contributed by atoms with van der Waals surface area (Å²) < 4.78 is 14.5. The number of carbonyl (C=O) groups excluding carboxylic acids is 3. The fourth-order valence-electron chi connectivity index (χ4n) is 1.66. The highest BCUT2D eigenvalue weighted by atomic mass is 16.6. The maximum atomic E-state index is 11.9. The van der Waals surface area contributed by atoms with Gasteiger partial charge in [0.25, 0.3) is 0 Å². The molecule has 0 spiro atoms. The van der Waals surface area contributed by atoms with Crippen LogP contribution in [0.15, 0.2) is 12.2 Å². The van der Waals surface area contributed by atoms with E-state index in [1.807, 2.05) is 0 Å². The Hall–Kier alpha value is -1.85. The minimum atomic E-state index is -1.39. The third-order valence-corrected chi connectivity index (χ3v) is 2.95. The van der Waals surface area contributed by atoms with E-state index in [1.165, 1.54) is 21.1 Å². The maximum Gasteiger partial charge on any atom is 0.350 e. The van der Waals surface area contributed by atoms with Gasteiger partial charge in [-0.15, -0.1) is 0 Å². The Morgan fingerprint density at radius 1 is 1.15 bits per heavy atom. The van der Waals surface area contributed by atoms with Gasteiger partial charge in [-0.05, 0) is 26.2 Å². The van der Waals surface area contributed by atoms with E-state index in [2.05, 4.69) is 11.3 Å². The van der Waals surface area contributed by atoms with Gasteiger partial charge in [0, 0.05) is 12.0 Å². The summed E-state index contributed by atoms with van der Waals surface area (Å²) in [4.78, 5) is 34.7. The summed E-state index contributed by atoms with van der Waals surface area (Å²) in [5, 5.41) is 0. The lowest BCUT2D eigenvalue weighted by molar-refractivity contribution is -0.180. The molecule has 6 nitrogen and oxygen atoms in total. The van der Waals surface area contributed by atoms with Crippen LogP contribution in [0.25, 0.3) is 0 Å². The van der Waals surface area contributed by atoms with Crippen molar-refractivity contribution in [3.05, 3.63) is 12.2 Å². The van der Waals surface area contributed by atoms with Crippen molar-refractivity contribution in [1.29, 1.82) is 0 Å². The number of carbonyl (C=O) groups is 3. The SMILES string of the molecule is C=C(C)C(=O)OC(CC)(CCCC(=O)OC)C(=O)OC. The van der Waals surface area contributed by atoms with Crippen LogP contribution in [0.2, 0.25) is 0 Å². The number of hydrogen-bond acceptors (Lipinski definition) is 6. The third kappa shape index (κ3) is 5.03. The minimum Gasteiger partial charge on any atom is -0.469 e. The molecule has 0 aliphatic heterocycles. The lowest BCUT2D eigenvalue weighted by atomic mass is 9.93. The van der Waals surface area contributed by atoms with Crippen LogP contribution >= 0.6 is 0 Å². The zero-order valence-corrected chi connectivity index (χ0v) is 12.5. The van der Waals surface area contributed by atoms with Crippen LogP contribution in [0.4, 0.5) is 0 Å². The van der Waals surface area contributed by atoms with Crippen LogP contribution in [0, 0.1) is 0 Å². The van der Waals surface area contributed by atoms with E-state index in [0.717, 1.165) is 0 Å². The lowest BCUT2D eigenvalue weighted by Crippen LogP contribution is -2.44. The van der Waals surface area contributed by atoms with Crippen LogP contribution in [0.3, 0.4) is 0 Å². The maximum absolute atomic E-state index is 11.9. The lowest BCUT2D eigenvalue weighted by Gasteiger charge is -2.29. The largest absolute Gasteiger partial charge is 0.469 e. The van der Waals surface area contributed by atoms with Gasteiger partial charge in [0.15, 0.2) is 0 Å². The molecule has 0 aromatic rings. The zero-order valence-electron chi connectivity index (χ0n) is 12.5. The Labute approximate surface area is 119 Å². The molecule has 0 aliphatic rings. The number of esters is 3. The van der Waals surface area contributed by atoms with E-state index in [0.29, 0.717) is 6.42 Å². The monoisotopic (exact) mass is 286 g/mol. The molecule has 0 amide bonds. The highest BCUT2D eigenvalue weighted by Gasteiger charge is 2.41. The van der Waals surface area contributed by atoms with Gasteiger partial charge in [-0.3, -0.25) is 4.79 Å². The van der Waals surface area contributed by atoms with Gasteiger partial charge in [-0.1, -0.05) is 13.5 Å². The number of methoxy groups -OCH3 is 2. The number of rotatable bonds is 8. The van der Waals surface area contributed by atoms with Crippen molar-refractivity contribution in [3.63, 3.8) is 0 Å². The molecule has 0 N–H and O–H groups in total. The summed E-state index contributed by atoms with van der Waals surface area (Å²) in [5.74, 6) is -1.68. The third-order valence-electron chi connectivity index (χ3n) is 2.95. The summed E-state index contributed by atoms with van der Waals surface area (Å²) in [7, 11) is 2.51. The molecule has 0 bridgehead atoms. The first-order valence-electron chi connectivity index (χ1n) is 6.37. The van der Waals surface area contributed by atoms with Crippen molar-refractivity contribution in [2.24, 2.45) is 0 Å². The van der Waals surface area contributed by atoms with Crippen molar-refractivity contribution >= 4 is 17.9 Å². The second kappa shape index (κ2) is 8.35. The van der Waals surface area contributed by atoms with Gasteiger partial charge in [0.05, 0.1) is 14.2 Å². The summed E-state index contributed by atoms with van der Waals surface area (Å²) in [5.41, 5.74) is -1.20. The molecule has 20 heavy (non-hydrogen) atoms. The second-order valence-corrected chi connectivity index (χ2v) is 4.44. The molecule has 0 saturated heterocycles. The summed E-state index contributed by atoms with van der Waals surface area (Å²) in [6.45, 7) is 6.68. The molecule has 0 aliphatic carbocycles. The fourth-order valence-corrected chi connectivity index (χ4v) is 1.66. The predicted molar refractivity (Wildman–Crippen MR) is 71.8 cm³/mol. The number of hydrogen-bond donors (Lipinski definition) is 0. The van der Waals surface area contributed by atoms with Crippen LogP contribution in [-0.4, -0.2) is 37.7 Å². The second-order valence-electron chi connectivity index (χ2n) is 4.44. The Bertz CT molecular complexity index is 387. The molecule has 114 valence electrons. The first kappa shape index (κ1) is 18.1. The van der Waals surface area contributed by atoms with Crippen molar-refractivity contribution in [1.82, 2.24) is 0 Å². The molecule has 0 heterocycles. The van der Waals surface area contributed by atoms with Gasteiger partial charge >= 0.3 is 17.9 Å². The van der Waals surface area contributed by atoms with E-state index in [9.17, 15) is 14.4 Å². The smallest absolute Gasteiger partial charge is 0.350 e. The fraction of sp³-hybridized carbons (Fsp3) is 0.643. The van der Waals surface area contributed by atoms with Gasteiger partial charge in [-0.25, -0.2) is 9.59 Å². The van der Waals surface area contributed by atoms with Gasteiger partial charge in [0.2, 0.25) is 5.60 Å². The van der Waals surface area contributed by atoms with E-state index in [4.69, 9.17) is 9.47 Å². The first-order chi connectivity index (χ1) is 9.32. The molecule has 0 fully saturated rings. The predicted octanol–water partition coefficient (Wildman–Crippen LogP) is 1.77. The van der Waals surface area contributed by atoms with Crippen LogP contribution in [-0.2, 0) is 28.6 Å². The van der Waals surface area contributed by atoms with Crippen molar-refractivity contribution in [2.75, 3.05) is 14.2 Å². The Kier molecular flexibility index (Phi) is 7.57. The van der Waals surface area contributed by atoms with E-state index in [-0.39, 0.29) is 30.8 Å². The first-order valence-corrected chi connectivity index (χ1v) is 6.37. The Balaban J connectivity index is 4.94. The summed E-state index contributed by atoms with van der Waals surface area (Å²) >= 11 is 0. The molecule has 0 radical (unpaired) electrons. The quantitative estimate of drug-likeness (QED) is 0.384. The normalized spacial score (nSPS) is 13.0. The molecule has 0 aromatic heterocycles. The van der Waals surface area contributed by atoms with Crippen molar-refractivity contribution in [2.45, 2.75) is 45.1 Å². The Morgan fingerprint density at radius 2 is 1.75 bits per heavy atom. The molecule has 0 aromatic carbocycles. The van der Waals surface area contributed by atoms with E-state index in [1.54, 1.807) is 6.92 Å². The molecular formula is C14H22O6.